The van der Waals surface area contributed by atoms with Gasteiger partial charge in [-0.2, -0.15) is 19.1 Å². The third-order valence-electron chi connectivity index (χ3n) is 4.11. The first-order chi connectivity index (χ1) is 15.1. The Morgan fingerprint density at radius 2 is 1.94 bits per heavy atom. The Morgan fingerprint density at radius 3 is 2.53 bits per heavy atom. The number of carbonyl (C=O) groups is 1. The maximum Gasteiger partial charge on any atom is 0.321 e. The highest BCUT2D eigenvalue weighted by Gasteiger charge is 2.32. The van der Waals surface area contributed by atoms with Gasteiger partial charge in [0.1, 0.15) is 12.4 Å². The molecular weight excluding hydrogens is 428 g/mol. The monoisotopic (exact) mass is 450 g/mol. The zero-order valence-electron chi connectivity index (χ0n) is 17.4. The molecule has 3 rings (SSSR count). The number of hydrogen-bond acceptors (Lipinski definition) is 4. The van der Waals surface area contributed by atoms with Crippen LogP contribution in [0.4, 0.5) is 17.6 Å². The molecule has 0 radical (unpaired) electrons. The van der Waals surface area contributed by atoms with Crippen LogP contribution in [0.5, 0.6) is 5.75 Å². The number of nitriles is 1. The first-order valence-corrected chi connectivity index (χ1v) is 9.60. The topological polar surface area (TPSA) is 79.9 Å². The van der Waals surface area contributed by atoms with E-state index in [4.69, 9.17) is 10.00 Å². The summed E-state index contributed by atoms with van der Waals surface area (Å²) in [5.74, 6) is -4.23. The standard InChI is InChI=1S/C14H14F2N4O.C8H8F2O/c1-9(19-13(21)14(2,15)16)8-20-12-4-3-10(6-17)5-11(12)7-18-20;9-8(10)6-11-7-4-2-1-3-5-7/h3-5,7,9H,8H2,1-2H3,(H,19,21);1-5,8H,6H2/t9-;/m1./s1. The molecule has 1 amide bonds. The number of benzene rings is 2. The molecule has 1 atom stereocenters. The zero-order chi connectivity index (χ0) is 23.7. The van der Waals surface area contributed by atoms with Gasteiger partial charge in [0.2, 0.25) is 0 Å². The molecule has 0 bridgehead atoms. The minimum atomic E-state index is -3.40. The number of alkyl halides is 4. The molecule has 0 saturated carbocycles. The second kappa shape index (κ2) is 11.1. The Bertz CT molecular complexity index is 1060. The maximum absolute atomic E-state index is 12.8. The van der Waals surface area contributed by atoms with E-state index in [9.17, 15) is 22.4 Å². The van der Waals surface area contributed by atoms with Crippen LogP contribution in [0.3, 0.4) is 0 Å². The Balaban J connectivity index is 0.000000278. The van der Waals surface area contributed by atoms with Crippen molar-refractivity contribution in [2.75, 3.05) is 6.61 Å². The number of ether oxygens (including phenoxy) is 1. The lowest BCUT2D eigenvalue weighted by Crippen LogP contribution is -2.44. The van der Waals surface area contributed by atoms with Crippen molar-refractivity contribution < 1.29 is 27.1 Å². The van der Waals surface area contributed by atoms with Crippen LogP contribution in [0.25, 0.3) is 10.9 Å². The Hall–Kier alpha value is -3.61. The van der Waals surface area contributed by atoms with Crippen LogP contribution in [-0.4, -0.2) is 40.7 Å². The molecule has 1 heterocycles. The van der Waals surface area contributed by atoms with E-state index in [1.807, 2.05) is 6.07 Å². The fourth-order valence-electron chi connectivity index (χ4n) is 2.63. The van der Waals surface area contributed by atoms with Gasteiger partial charge in [-0.15, -0.1) is 0 Å². The normalized spacial score (nSPS) is 11.9. The number of carbonyl (C=O) groups excluding carboxylic acids is 1. The quantitative estimate of drug-likeness (QED) is 0.541. The first-order valence-electron chi connectivity index (χ1n) is 9.60. The molecular formula is C22H22F4N4O2. The zero-order valence-corrected chi connectivity index (χ0v) is 17.4. The van der Waals surface area contributed by atoms with Gasteiger partial charge in [0.25, 0.3) is 12.3 Å². The highest BCUT2D eigenvalue weighted by Crippen LogP contribution is 2.16. The molecule has 0 aliphatic carbocycles. The van der Waals surface area contributed by atoms with E-state index in [0.29, 0.717) is 18.2 Å². The van der Waals surface area contributed by atoms with Gasteiger partial charge in [0, 0.05) is 18.4 Å². The van der Waals surface area contributed by atoms with Crippen molar-refractivity contribution >= 4 is 16.8 Å². The van der Waals surface area contributed by atoms with E-state index < -0.39 is 30.9 Å². The second-order valence-corrected chi connectivity index (χ2v) is 6.99. The van der Waals surface area contributed by atoms with Gasteiger partial charge in [-0.25, -0.2) is 8.78 Å². The van der Waals surface area contributed by atoms with Gasteiger partial charge < -0.3 is 10.1 Å². The van der Waals surface area contributed by atoms with Crippen LogP contribution in [0.2, 0.25) is 0 Å². The van der Waals surface area contributed by atoms with Crippen molar-refractivity contribution in [1.82, 2.24) is 15.1 Å². The molecule has 0 aliphatic heterocycles. The molecule has 0 fully saturated rings. The van der Waals surface area contributed by atoms with Crippen LogP contribution in [0.1, 0.15) is 19.4 Å². The molecule has 170 valence electrons. The third-order valence-corrected chi connectivity index (χ3v) is 4.11. The summed E-state index contributed by atoms with van der Waals surface area (Å²) < 4.78 is 55.2. The highest BCUT2D eigenvalue weighted by atomic mass is 19.3. The summed E-state index contributed by atoms with van der Waals surface area (Å²) in [7, 11) is 0. The fourth-order valence-corrected chi connectivity index (χ4v) is 2.63. The van der Waals surface area contributed by atoms with E-state index in [0.717, 1.165) is 10.9 Å². The molecule has 2 aromatic carbocycles. The van der Waals surface area contributed by atoms with Gasteiger partial charge in [-0.1, -0.05) is 18.2 Å². The van der Waals surface area contributed by atoms with Crippen LogP contribution in [-0.2, 0) is 11.3 Å². The fraction of sp³-hybridized carbons (Fsp3) is 0.318. The van der Waals surface area contributed by atoms with E-state index in [-0.39, 0.29) is 6.54 Å². The van der Waals surface area contributed by atoms with Crippen LogP contribution in [0, 0.1) is 11.3 Å². The van der Waals surface area contributed by atoms with Crippen LogP contribution < -0.4 is 10.1 Å². The summed E-state index contributed by atoms with van der Waals surface area (Å²) in [6, 6.07) is 15.2. The molecule has 10 heteroatoms. The average Bonchev–Trinajstić information content (AvgIpc) is 3.14. The van der Waals surface area contributed by atoms with Gasteiger partial charge in [0.05, 0.1) is 29.9 Å². The SMILES string of the molecule is C[C@H](Cn1ncc2cc(C#N)ccc21)NC(=O)C(C)(F)F.FC(F)COc1ccccc1. The van der Waals surface area contributed by atoms with Gasteiger partial charge in [0.15, 0.2) is 0 Å². The van der Waals surface area contributed by atoms with E-state index in [1.165, 1.54) is 0 Å². The number of hydrogen-bond donors (Lipinski definition) is 1. The molecule has 32 heavy (non-hydrogen) atoms. The number of fused-ring (bicyclic) bond motifs is 1. The van der Waals surface area contributed by atoms with Crippen molar-refractivity contribution in [2.45, 2.75) is 38.8 Å². The largest absolute Gasteiger partial charge is 0.488 e. The van der Waals surface area contributed by atoms with Crippen LogP contribution in [0.15, 0.2) is 54.7 Å². The molecule has 3 aromatic rings. The smallest absolute Gasteiger partial charge is 0.321 e. The summed E-state index contributed by atoms with van der Waals surface area (Å²) in [6.45, 7) is 1.91. The maximum atomic E-state index is 12.8. The lowest BCUT2D eigenvalue weighted by atomic mass is 10.2. The minimum Gasteiger partial charge on any atom is -0.488 e. The number of aromatic nitrogens is 2. The number of nitrogens with one attached hydrogen (secondary N) is 1. The first kappa shape index (κ1) is 24.7. The van der Waals surface area contributed by atoms with Crippen molar-refractivity contribution in [3.05, 3.63) is 60.3 Å². The Morgan fingerprint density at radius 1 is 1.25 bits per heavy atom. The number of para-hydroxylation sites is 1. The molecule has 1 N–H and O–H groups in total. The second-order valence-electron chi connectivity index (χ2n) is 6.99. The molecule has 0 aliphatic rings. The summed E-state index contributed by atoms with van der Waals surface area (Å²) >= 11 is 0. The Kier molecular flexibility index (Phi) is 8.58. The van der Waals surface area contributed by atoms with E-state index >= 15 is 0 Å². The Labute approximate surface area is 182 Å². The highest BCUT2D eigenvalue weighted by molar-refractivity contribution is 5.83. The summed E-state index contributed by atoms with van der Waals surface area (Å²) in [6.07, 6.45) is -0.811. The van der Waals surface area contributed by atoms with Gasteiger partial charge in [-0.3, -0.25) is 9.48 Å². The van der Waals surface area contributed by atoms with Crippen molar-refractivity contribution in [3.8, 4) is 11.8 Å². The van der Waals surface area contributed by atoms with Gasteiger partial charge in [-0.05, 0) is 37.3 Å². The predicted molar refractivity (Wildman–Crippen MR) is 111 cm³/mol. The lowest BCUT2D eigenvalue weighted by molar-refractivity contribution is -0.143. The number of halogens is 4. The molecule has 6 nitrogen and oxygen atoms in total. The molecule has 0 saturated heterocycles. The number of rotatable bonds is 7. The van der Waals surface area contributed by atoms with E-state index in [2.05, 4.69) is 10.4 Å². The third kappa shape index (κ3) is 7.58. The molecule has 0 unspecified atom stereocenters. The predicted octanol–water partition coefficient (Wildman–Crippen LogP) is 4.40. The van der Waals surface area contributed by atoms with Crippen molar-refractivity contribution in [1.29, 1.82) is 5.26 Å². The van der Waals surface area contributed by atoms with Crippen molar-refractivity contribution in [2.24, 2.45) is 0 Å². The number of nitrogens with zero attached hydrogens (tertiary/aromatic N) is 3. The lowest BCUT2D eigenvalue weighted by Gasteiger charge is -2.17. The summed E-state index contributed by atoms with van der Waals surface area (Å²) in [4.78, 5) is 11.2. The van der Waals surface area contributed by atoms with E-state index in [1.54, 1.807) is 66.3 Å². The van der Waals surface area contributed by atoms with Crippen LogP contribution >= 0.6 is 0 Å². The summed E-state index contributed by atoms with van der Waals surface area (Å²) in [5, 5.41) is 16.0. The van der Waals surface area contributed by atoms with Crippen molar-refractivity contribution in [3.63, 3.8) is 0 Å². The minimum absolute atomic E-state index is 0.261. The number of amides is 1. The molecule has 0 spiro atoms. The average molecular weight is 450 g/mol. The molecule has 1 aromatic heterocycles. The summed E-state index contributed by atoms with van der Waals surface area (Å²) in [5.41, 5.74) is 1.30. The van der Waals surface area contributed by atoms with Gasteiger partial charge >= 0.3 is 5.92 Å².